The Morgan fingerprint density at radius 2 is 2.21 bits per heavy atom. The van der Waals surface area contributed by atoms with Gasteiger partial charge in [-0.15, -0.1) is 10.2 Å². The van der Waals surface area contributed by atoms with E-state index in [0.29, 0.717) is 24.6 Å². The molecule has 1 fully saturated rings. The van der Waals surface area contributed by atoms with Crippen LogP contribution in [0.2, 0.25) is 0 Å². The Bertz CT molecular complexity index is 862. The molecule has 1 atom stereocenters. The molecule has 1 saturated heterocycles. The Labute approximate surface area is 141 Å². The molecule has 0 bridgehead atoms. The minimum Gasteiger partial charge on any atom is -0.493 e. The van der Waals surface area contributed by atoms with E-state index in [1.807, 2.05) is 11.6 Å². The zero-order valence-electron chi connectivity index (χ0n) is 13.6. The highest BCUT2D eigenvalue weighted by molar-refractivity contribution is 7.89. The monoisotopic (exact) mass is 348 g/mol. The van der Waals surface area contributed by atoms with Crippen LogP contribution in [0.15, 0.2) is 29.4 Å². The number of benzene rings is 1. The predicted molar refractivity (Wildman–Crippen MR) is 87.4 cm³/mol. The maximum absolute atomic E-state index is 13.0. The molecule has 1 aromatic heterocycles. The molecule has 0 unspecified atom stereocenters. The predicted octanol–water partition coefficient (Wildman–Crippen LogP) is 1.32. The Morgan fingerprint density at radius 3 is 3.00 bits per heavy atom. The van der Waals surface area contributed by atoms with Crippen molar-refractivity contribution in [2.75, 3.05) is 19.7 Å². The van der Waals surface area contributed by atoms with E-state index in [-0.39, 0.29) is 5.92 Å². The summed E-state index contributed by atoms with van der Waals surface area (Å²) in [7, 11) is -1.61. The second-order valence-corrected chi connectivity index (χ2v) is 8.31. The molecule has 2 aliphatic rings. The second-order valence-electron chi connectivity index (χ2n) is 6.37. The van der Waals surface area contributed by atoms with Crippen molar-refractivity contribution >= 4 is 10.0 Å². The van der Waals surface area contributed by atoms with Gasteiger partial charge in [-0.05, 0) is 36.6 Å². The number of fused-ring (bicyclic) bond motifs is 1. The van der Waals surface area contributed by atoms with E-state index in [9.17, 15) is 8.42 Å². The van der Waals surface area contributed by atoms with E-state index in [4.69, 9.17) is 4.74 Å². The molecule has 0 radical (unpaired) electrons. The van der Waals surface area contributed by atoms with Gasteiger partial charge in [0.05, 0.1) is 11.5 Å². The first-order valence-electron chi connectivity index (χ1n) is 8.15. The molecule has 7 nitrogen and oxygen atoms in total. The molecule has 0 spiro atoms. The van der Waals surface area contributed by atoms with Gasteiger partial charge in [0.2, 0.25) is 10.0 Å². The Kier molecular flexibility index (Phi) is 3.80. The first-order chi connectivity index (χ1) is 11.6. The fourth-order valence-corrected chi connectivity index (χ4v) is 5.08. The number of hydrogen-bond acceptors (Lipinski definition) is 5. The van der Waals surface area contributed by atoms with Crippen LogP contribution < -0.4 is 4.74 Å². The average molecular weight is 348 g/mol. The van der Waals surface area contributed by atoms with Crippen molar-refractivity contribution in [2.45, 2.75) is 30.1 Å². The van der Waals surface area contributed by atoms with Crippen molar-refractivity contribution in [1.29, 1.82) is 0 Å². The Morgan fingerprint density at radius 1 is 1.33 bits per heavy atom. The summed E-state index contributed by atoms with van der Waals surface area (Å²) in [6, 6.07) is 5.16. The van der Waals surface area contributed by atoms with Crippen molar-refractivity contribution in [1.82, 2.24) is 19.1 Å². The Balaban J connectivity index is 1.61. The number of aryl methyl sites for hydroxylation is 1. The largest absolute Gasteiger partial charge is 0.493 e. The van der Waals surface area contributed by atoms with Gasteiger partial charge in [0.25, 0.3) is 0 Å². The van der Waals surface area contributed by atoms with Crippen LogP contribution in [0.1, 0.15) is 30.1 Å². The first kappa shape index (κ1) is 15.6. The lowest BCUT2D eigenvalue weighted by Crippen LogP contribution is -2.39. The third-order valence-electron chi connectivity index (χ3n) is 4.79. The molecule has 4 rings (SSSR count). The lowest BCUT2D eigenvalue weighted by atomic mass is 9.99. The highest BCUT2D eigenvalue weighted by Crippen LogP contribution is 2.32. The molecule has 0 saturated carbocycles. The Hall–Kier alpha value is -1.93. The summed E-state index contributed by atoms with van der Waals surface area (Å²) in [5.41, 5.74) is 0.970. The highest BCUT2D eigenvalue weighted by atomic mass is 32.2. The molecular weight excluding hydrogens is 328 g/mol. The zero-order chi connectivity index (χ0) is 16.7. The van der Waals surface area contributed by atoms with Crippen molar-refractivity contribution in [3.8, 4) is 5.75 Å². The fraction of sp³-hybridized carbons (Fsp3) is 0.500. The minimum absolute atomic E-state index is 0.0822. The number of ether oxygens (including phenoxy) is 1. The van der Waals surface area contributed by atoms with Crippen molar-refractivity contribution in [3.63, 3.8) is 0 Å². The molecule has 2 aliphatic heterocycles. The smallest absolute Gasteiger partial charge is 0.243 e. The van der Waals surface area contributed by atoms with Crippen molar-refractivity contribution < 1.29 is 13.2 Å². The van der Waals surface area contributed by atoms with E-state index in [1.54, 1.807) is 28.8 Å². The van der Waals surface area contributed by atoms with Gasteiger partial charge in [-0.1, -0.05) is 0 Å². The molecule has 0 N–H and O–H groups in total. The van der Waals surface area contributed by atoms with Crippen LogP contribution in [0.5, 0.6) is 5.75 Å². The number of piperidine rings is 1. The van der Waals surface area contributed by atoms with E-state index < -0.39 is 10.0 Å². The van der Waals surface area contributed by atoms with Crippen LogP contribution in [0, 0.1) is 0 Å². The van der Waals surface area contributed by atoms with Crippen LogP contribution in [0.25, 0.3) is 0 Å². The van der Waals surface area contributed by atoms with Gasteiger partial charge in [0.15, 0.2) is 0 Å². The SMILES string of the molecule is Cn1cnnc1[C@@H]1CCCN(S(=O)(=O)c2ccc3c(c2)CCO3)C1. The number of sulfonamides is 1. The van der Waals surface area contributed by atoms with E-state index in [1.165, 1.54) is 0 Å². The zero-order valence-corrected chi connectivity index (χ0v) is 14.4. The molecule has 8 heteroatoms. The third kappa shape index (κ3) is 2.59. The normalized spacial score (nSPS) is 21.5. The van der Waals surface area contributed by atoms with Gasteiger partial charge in [-0.25, -0.2) is 8.42 Å². The maximum atomic E-state index is 13.0. The number of hydrogen-bond donors (Lipinski definition) is 0. The van der Waals surface area contributed by atoms with Crippen LogP contribution in [-0.4, -0.2) is 47.2 Å². The van der Waals surface area contributed by atoms with Gasteiger partial charge in [0, 0.05) is 32.5 Å². The average Bonchev–Trinajstić information content (AvgIpc) is 3.22. The summed E-state index contributed by atoms with van der Waals surface area (Å²) in [6.07, 6.45) is 4.17. The van der Waals surface area contributed by atoms with Crippen LogP contribution >= 0.6 is 0 Å². The summed E-state index contributed by atoms with van der Waals surface area (Å²) < 4.78 is 35.0. The molecule has 0 aliphatic carbocycles. The number of nitrogens with zero attached hydrogens (tertiary/aromatic N) is 4. The lowest BCUT2D eigenvalue weighted by Gasteiger charge is -2.31. The fourth-order valence-electron chi connectivity index (χ4n) is 3.51. The van der Waals surface area contributed by atoms with Gasteiger partial charge >= 0.3 is 0 Å². The van der Waals surface area contributed by atoms with Crippen molar-refractivity contribution in [3.05, 3.63) is 35.9 Å². The van der Waals surface area contributed by atoms with E-state index >= 15 is 0 Å². The quantitative estimate of drug-likeness (QED) is 0.836. The standard InChI is InChI=1S/C16H20N4O3S/c1-19-11-17-18-16(19)13-3-2-7-20(10-13)24(21,22)14-4-5-15-12(9-14)6-8-23-15/h4-5,9,11,13H,2-3,6-8,10H2,1H3/t13-/m1/s1. The molecule has 128 valence electrons. The summed E-state index contributed by atoms with van der Waals surface area (Å²) in [5, 5.41) is 8.06. The third-order valence-corrected chi connectivity index (χ3v) is 6.66. The molecule has 3 heterocycles. The van der Waals surface area contributed by atoms with Gasteiger partial charge in [-0.2, -0.15) is 4.31 Å². The summed E-state index contributed by atoms with van der Waals surface area (Å²) in [5.74, 6) is 1.72. The van der Waals surface area contributed by atoms with Gasteiger partial charge in [0.1, 0.15) is 17.9 Å². The van der Waals surface area contributed by atoms with Gasteiger partial charge in [-0.3, -0.25) is 0 Å². The molecule has 24 heavy (non-hydrogen) atoms. The maximum Gasteiger partial charge on any atom is 0.243 e. The number of aromatic nitrogens is 3. The van der Waals surface area contributed by atoms with Crippen LogP contribution in [-0.2, 0) is 23.5 Å². The topological polar surface area (TPSA) is 77.3 Å². The summed E-state index contributed by atoms with van der Waals surface area (Å²) in [6.45, 7) is 1.61. The minimum atomic E-state index is -3.50. The summed E-state index contributed by atoms with van der Waals surface area (Å²) >= 11 is 0. The summed E-state index contributed by atoms with van der Waals surface area (Å²) in [4.78, 5) is 0.352. The van der Waals surface area contributed by atoms with E-state index in [2.05, 4.69) is 10.2 Å². The molecule has 1 aromatic carbocycles. The van der Waals surface area contributed by atoms with Crippen LogP contribution in [0.4, 0.5) is 0 Å². The number of rotatable bonds is 3. The first-order valence-corrected chi connectivity index (χ1v) is 9.59. The van der Waals surface area contributed by atoms with Crippen LogP contribution in [0.3, 0.4) is 0 Å². The van der Waals surface area contributed by atoms with Crippen molar-refractivity contribution in [2.24, 2.45) is 7.05 Å². The molecule has 0 amide bonds. The second kappa shape index (κ2) is 5.86. The lowest BCUT2D eigenvalue weighted by molar-refractivity contribution is 0.306. The highest BCUT2D eigenvalue weighted by Gasteiger charge is 2.33. The van der Waals surface area contributed by atoms with Gasteiger partial charge < -0.3 is 9.30 Å². The molecule has 2 aromatic rings. The molecular formula is C16H20N4O3S. The van der Waals surface area contributed by atoms with E-state index in [0.717, 1.165) is 36.4 Å².